The van der Waals surface area contributed by atoms with Crippen molar-refractivity contribution < 1.29 is 26.0 Å². The maximum Gasteiger partial charge on any atom is 0.270 e. The van der Waals surface area contributed by atoms with Crippen LogP contribution in [0.15, 0.2) is 58.0 Å². The van der Waals surface area contributed by atoms with E-state index in [0.717, 1.165) is 0 Å². The van der Waals surface area contributed by atoms with Gasteiger partial charge in [-0.15, -0.1) is 251 Å². The molecule has 0 fully saturated rings. The van der Waals surface area contributed by atoms with Gasteiger partial charge in [-0.3, -0.25) is 4.39 Å². The molecule has 65 heteroatoms. The summed E-state index contributed by atoms with van der Waals surface area (Å²) in [5.74, 6) is -0.773. The molecule has 4 rings (SSSR count). The van der Waals surface area contributed by atoms with Crippen LogP contribution in [0, 0.1) is 5.82 Å². The second-order valence-electron chi connectivity index (χ2n) is 16.7. The maximum atomic E-state index is 14.7. The van der Waals surface area contributed by atoms with Crippen LogP contribution < -0.4 is 11.1 Å². The van der Waals surface area contributed by atoms with Crippen molar-refractivity contribution in [2.75, 3.05) is 25.6 Å². The predicted octanol–water partition coefficient (Wildman–Crippen LogP) is 34.5. The number of hydrogen-bond donors (Lipinski definition) is 2. The van der Waals surface area contributed by atoms with Crippen LogP contribution in [-0.2, 0) is 16.4 Å². The maximum absolute atomic E-state index is 14.7. The van der Waals surface area contributed by atoms with E-state index >= 15 is 0 Å². The molecule has 0 aliphatic rings. The van der Waals surface area contributed by atoms with Gasteiger partial charge in [-0.2, -0.15) is 0 Å². The van der Waals surface area contributed by atoms with Gasteiger partial charge in [-0.25, -0.2) is 27.2 Å². The smallest absolute Gasteiger partial charge is 0.270 e. The van der Waals surface area contributed by atoms with Crippen molar-refractivity contribution in [2.45, 2.75) is 30.0 Å². The van der Waals surface area contributed by atoms with Gasteiger partial charge >= 0.3 is 0 Å². The molecule has 0 saturated heterocycles. The normalized spacial score (nSPS) is 14.6. The Morgan fingerprint density at radius 1 is 0.511 bits per heavy atom. The van der Waals surface area contributed by atoms with Crippen LogP contribution in [0.1, 0.15) is 18.9 Å². The minimum absolute atomic E-state index is 0.00190. The average molecular weight is 2210 g/mol. The Bertz CT molecular complexity index is 2740. The van der Waals surface area contributed by atoms with E-state index in [2.05, 4.69) is 267 Å². The summed E-state index contributed by atoms with van der Waals surface area (Å²) in [6.07, 6.45) is 1.31. The third-order valence-electron chi connectivity index (χ3n) is 10.3. The van der Waals surface area contributed by atoms with Crippen molar-refractivity contribution in [1.82, 2.24) is 25.5 Å². The van der Waals surface area contributed by atoms with Gasteiger partial charge in [0, 0.05) is 18.7 Å². The minimum Gasteiger partial charge on any atom is -0.414 e. The molecule has 2 heterocycles. The lowest BCUT2D eigenvalue weighted by Gasteiger charge is -2.58. The third-order valence-corrected chi connectivity index (χ3v) is 372. The molecule has 4 aromatic rings. The highest BCUT2D eigenvalue weighted by Crippen LogP contribution is 3.46. The highest BCUT2D eigenvalue weighted by Gasteiger charge is 2.59. The van der Waals surface area contributed by atoms with Gasteiger partial charge in [0.15, 0.2) is 21.3 Å². The van der Waals surface area contributed by atoms with Crippen molar-refractivity contribution >= 4 is 431 Å². The van der Waals surface area contributed by atoms with Crippen LogP contribution >= 0.6 is 416 Å². The summed E-state index contributed by atoms with van der Waals surface area (Å²) < 4.78 is 70.4. The Hall–Kier alpha value is 18.5. The number of rotatable bonds is 35. The fraction of sp³-hybridized carbons (Fsp3) is 0.280. The molecule has 0 aliphatic carbocycles. The standard InChI is InChI=1S/C25H25F3N6O3S.H54P52/c1-15(8-9-26)38(35,36)18-5-3-17(4-6-18)21-14-31-23(29)22(32-21)25-34-33-24(37-25)19-7-2-16(12-20(19)28)13-30-11-10-27;1-28(2)41(27)48(42(29(3)4)30(5)6)51(47(39(23)24)40(25)26)52(49(43(31(7)8)32(9)10)44(33(11)12)34(13)14)50(45(35(15)16)36(17)18)46(37(19)20)38(21)22/h2-7,12,14-15,30H,8-11,13H2,1H3,(H2,29,31);1-27H2. The number of nitrogens with two attached hydrogens (primary N) is 1. The first-order valence-electron chi connectivity index (χ1n) is 23.4. The molecule has 0 saturated carbocycles. The molecule has 2 aromatic heterocycles. The molecular formula is C25H79F3N6O3P52S. The van der Waals surface area contributed by atoms with Crippen LogP contribution in [-0.4, -0.2) is 53.7 Å². The van der Waals surface area contributed by atoms with Gasteiger partial charge in [0.1, 0.15) is 12.5 Å². The lowest BCUT2D eigenvalue weighted by atomic mass is 10.1. The molecule has 514 valence electrons. The van der Waals surface area contributed by atoms with E-state index < -0.39 is 34.3 Å². The summed E-state index contributed by atoms with van der Waals surface area (Å²) >= 11 is 0. The summed E-state index contributed by atoms with van der Waals surface area (Å²) in [6.45, 7) is -3.78. The van der Waals surface area contributed by atoms with Crippen LogP contribution in [0.5, 0.6) is 0 Å². The second kappa shape index (κ2) is 53.1. The molecule has 0 spiro atoms. The van der Waals surface area contributed by atoms with Crippen LogP contribution in [0.3, 0.4) is 0 Å². The first kappa shape index (κ1) is 103. The fourth-order valence-corrected chi connectivity index (χ4v) is 737. The van der Waals surface area contributed by atoms with E-state index in [4.69, 9.17) is 10.2 Å². The van der Waals surface area contributed by atoms with E-state index in [9.17, 15) is 21.6 Å². The molecule has 0 bridgehead atoms. The monoisotopic (exact) mass is 2210 g/mol. The largest absolute Gasteiger partial charge is 0.414 e. The zero-order valence-electron chi connectivity index (χ0n) is 47.1. The summed E-state index contributed by atoms with van der Waals surface area (Å²) in [6, 6.07) is 10.4. The molecule has 0 radical (unpaired) electrons. The van der Waals surface area contributed by atoms with E-state index in [1.807, 2.05) is 0 Å². The van der Waals surface area contributed by atoms with Gasteiger partial charge in [-0.05, 0) is 218 Å². The Morgan fingerprint density at radius 3 is 1.26 bits per heavy atom. The lowest BCUT2D eigenvalue weighted by molar-refractivity contribution is 0.464. The van der Waals surface area contributed by atoms with E-state index in [0.29, 0.717) is 23.4 Å². The Kier molecular flexibility index (Phi) is 60.6. The van der Waals surface area contributed by atoms with Crippen LogP contribution in [0.25, 0.3) is 34.3 Å². The second-order valence-corrected chi connectivity index (χ2v) is 233. The minimum atomic E-state index is -3.67. The first-order chi connectivity index (χ1) is 41.8. The molecule has 0 aliphatic heterocycles. The number of halogens is 3. The molecule has 31 unspecified atom stereocenters. The summed E-state index contributed by atoms with van der Waals surface area (Å²) in [7, 11) is 90.7. The number of nitrogens with one attached hydrogen (secondary N) is 1. The molecular weight excluding hydrogens is 2130 g/mol. The van der Waals surface area contributed by atoms with E-state index in [1.165, 1.54) is 37.4 Å². The Balaban J connectivity index is 0.000000490. The van der Waals surface area contributed by atoms with Gasteiger partial charge in [-0.1, -0.05) is 18.2 Å². The highest BCUT2D eigenvalue weighted by atomic mass is 33.6. The van der Waals surface area contributed by atoms with Crippen LogP contribution in [0.4, 0.5) is 19.0 Å². The SMILES string of the molecule is CC(CCF)S(=O)(=O)c1ccc(-c2cnc(N)c(-c3nnc(-c4ccc(CNCCF)cc4F)o3)n2)cc1.PP(P)P(P)P(P(P(P)P)P(P)P)P(P(P(P)P)P(P)P)P(P(P(P(P)P)P(P)P)P(P(P)P)P(P)P)P(P(P(P)P)P(P)P)P(P(P)P)P(P)P. The third kappa shape index (κ3) is 32.3. The van der Waals surface area contributed by atoms with E-state index in [-0.39, 0.29) is 221 Å². The van der Waals surface area contributed by atoms with Gasteiger partial charge < -0.3 is 15.5 Å². The van der Waals surface area contributed by atoms with Crippen molar-refractivity contribution in [3.8, 4) is 34.3 Å². The lowest BCUT2D eigenvalue weighted by Crippen LogP contribution is -2.18. The molecule has 2 aromatic carbocycles. The number of anilines is 1. The fourth-order valence-electron chi connectivity index (χ4n) is 6.63. The quantitative estimate of drug-likeness (QED) is 0.0341. The number of benzene rings is 2. The number of hydrogen-bond acceptors (Lipinski definition) is 9. The first-order valence-corrected chi connectivity index (χ1v) is 119. The highest BCUT2D eigenvalue weighted by molar-refractivity contribution is 9.52. The topological polar surface area (TPSA) is 137 Å². The van der Waals surface area contributed by atoms with Gasteiger partial charge in [0.2, 0.25) is 0 Å². The zero-order chi connectivity index (χ0) is 68.7. The molecule has 3 N–H and O–H groups in total. The van der Waals surface area contributed by atoms with Crippen molar-refractivity contribution in [3.05, 3.63) is 60.0 Å². The number of alkyl halides is 2. The van der Waals surface area contributed by atoms with Gasteiger partial charge in [0.25, 0.3) is 11.8 Å². The van der Waals surface area contributed by atoms with Gasteiger partial charge in [0.05, 0.1) is 34.3 Å². The Labute approximate surface area is 625 Å². The summed E-state index contributed by atoms with van der Waals surface area (Å²) in [5, 5.41) is 9.83. The number of aromatic nitrogens is 4. The van der Waals surface area contributed by atoms with Crippen LogP contribution in [0.2, 0.25) is 0 Å². The summed E-state index contributed by atoms with van der Waals surface area (Å²) in [5.41, 5.74) is 7.64. The van der Waals surface area contributed by atoms with E-state index in [1.54, 1.807) is 18.2 Å². The Morgan fingerprint density at radius 2 is 0.889 bits per heavy atom. The number of sulfone groups is 1. The molecule has 9 nitrogen and oxygen atoms in total. The van der Waals surface area contributed by atoms with Crippen molar-refractivity contribution in [3.63, 3.8) is 0 Å². The molecule has 90 heavy (non-hydrogen) atoms. The average Bonchev–Trinajstić information content (AvgIpc) is 0.820. The zero-order valence-corrected chi connectivity index (χ0v) is 101. The van der Waals surface area contributed by atoms with Crippen molar-refractivity contribution in [2.24, 2.45) is 0 Å². The number of nitrogen functional groups attached to an aromatic ring is 1. The van der Waals surface area contributed by atoms with Crippen molar-refractivity contribution in [1.29, 1.82) is 0 Å². The molecule has 0 amide bonds. The summed E-state index contributed by atoms with van der Waals surface area (Å²) in [4.78, 5) is 8.63. The molecule has 31 atom stereocenters. The number of nitrogens with zero attached hydrogens (tertiary/aromatic N) is 4. The predicted molar refractivity (Wildman–Crippen MR) is 571 cm³/mol.